The molecule has 0 aromatic heterocycles. The zero-order chi connectivity index (χ0) is 43.2. The molecule has 16 heteroatoms. The van der Waals surface area contributed by atoms with Crippen molar-refractivity contribution in [3.05, 3.63) is 118 Å². The fraction of sp³-hybridized carbons (Fsp3) is 0.318. The molecule has 2 aliphatic rings. The van der Waals surface area contributed by atoms with Crippen molar-refractivity contribution >= 4 is 52.5 Å². The molecule has 0 bridgehead atoms. The molecule has 0 aliphatic heterocycles. The highest BCUT2D eigenvalue weighted by Gasteiger charge is 2.27. The van der Waals surface area contributed by atoms with Gasteiger partial charge in [0.15, 0.2) is 5.78 Å². The van der Waals surface area contributed by atoms with Gasteiger partial charge in [0, 0.05) is 17.8 Å². The highest BCUT2D eigenvalue weighted by molar-refractivity contribution is 6.05. The van der Waals surface area contributed by atoms with Gasteiger partial charge in [-0.15, -0.1) is 0 Å². The lowest BCUT2D eigenvalue weighted by Crippen LogP contribution is -2.35. The predicted molar refractivity (Wildman–Crippen MR) is 221 cm³/mol. The summed E-state index contributed by atoms with van der Waals surface area (Å²) in [5.41, 5.74) is 12.1. The van der Waals surface area contributed by atoms with Crippen LogP contribution in [0.1, 0.15) is 47.1 Å². The minimum atomic E-state index is -1.26. The van der Waals surface area contributed by atoms with E-state index in [0.717, 1.165) is 52.0 Å². The second-order valence-electron chi connectivity index (χ2n) is 14.2. The van der Waals surface area contributed by atoms with E-state index >= 15 is 0 Å². The van der Waals surface area contributed by atoms with E-state index < -0.39 is 50.1 Å². The molecule has 2 aliphatic carbocycles. The molecule has 1 amide bonds. The second kappa shape index (κ2) is 21.3. The normalized spacial score (nSPS) is 12.9. The monoisotopic (exact) mass is 824 g/mol. The Morgan fingerprint density at radius 1 is 0.750 bits per heavy atom. The summed E-state index contributed by atoms with van der Waals surface area (Å²) in [7, 11) is 0. The van der Waals surface area contributed by atoms with Crippen molar-refractivity contribution < 1.29 is 58.7 Å². The molecule has 0 atom stereocenters. The van der Waals surface area contributed by atoms with Crippen molar-refractivity contribution in [3.63, 3.8) is 0 Å². The number of hydrogen-bond donors (Lipinski definition) is 6. The van der Waals surface area contributed by atoms with Crippen LogP contribution in [0.5, 0.6) is 5.75 Å². The van der Waals surface area contributed by atoms with Gasteiger partial charge in [-0.05, 0) is 95.1 Å². The van der Waals surface area contributed by atoms with Crippen LogP contribution >= 0.6 is 0 Å². The molecule has 0 heterocycles. The minimum Gasteiger partial charge on any atom is -0.489 e. The Kier molecular flexibility index (Phi) is 15.7. The number of ketones is 1. The number of carboxylic acids is 4. The molecule has 0 fully saturated rings. The Labute approximate surface area is 346 Å². The number of hydrogen-bond acceptors (Lipinski definition) is 11. The lowest BCUT2D eigenvalue weighted by Gasteiger charge is -2.28. The number of unbranched alkanes of at least 4 members (excludes halogenated alkanes) is 2. The third-order valence-electron chi connectivity index (χ3n) is 9.71. The Morgan fingerprint density at radius 3 is 2.12 bits per heavy atom. The largest absolute Gasteiger partial charge is 0.489 e. The Balaban J connectivity index is 1.39. The standard InChI is InChI=1S/C44H48N4O12/c45-14-4-1-5-15-46-39(50)19-28-8-9-31(37(18-28)48(25-42(55)56)26-43(57)58)27-59-16-17-60-38-22-30(10-13-36(38)47(23-40(51)52)24-41(53)54)44-34-7-3-2-6-29(34)20-32-21-33(49)11-12-35(32)44/h2-3,6-13,18,21-22H,1,4-5,14-17,19-20,23-27,45H2,(H,46,50)(H,51,52)(H,53,54)(H,55,56)(H,57,58). The molecule has 0 unspecified atom stereocenters. The van der Waals surface area contributed by atoms with Crippen molar-refractivity contribution in [2.24, 2.45) is 5.73 Å². The summed E-state index contributed by atoms with van der Waals surface area (Å²) in [6.07, 6.45) is 7.87. The van der Waals surface area contributed by atoms with Gasteiger partial charge in [0.1, 0.15) is 38.5 Å². The van der Waals surface area contributed by atoms with Crippen molar-refractivity contribution in [1.29, 1.82) is 0 Å². The van der Waals surface area contributed by atoms with Gasteiger partial charge < -0.3 is 50.8 Å². The van der Waals surface area contributed by atoms with Crippen LogP contribution in [0.2, 0.25) is 0 Å². The van der Waals surface area contributed by atoms with Gasteiger partial charge in [-0.1, -0.05) is 55.0 Å². The van der Waals surface area contributed by atoms with Crippen LogP contribution < -0.4 is 25.6 Å². The van der Waals surface area contributed by atoms with Gasteiger partial charge in [-0.3, -0.25) is 28.8 Å². The Bertz CT molecular complexity index is 2180. The summed E-state index contributed by atoms with van der Waals surface area (Å²) in [5, 5.41) is 41.4. The first-order valence-corrected chi connectivity index (χ1v) is 19.4. The van der Waals surface area contributed by atoms with Crippen molar-refractivity contribution in [2.75, 3.05) is 62.3 Å². The van der Waals surface area contributed by atoms with Crippen LogP contribution in [0.15, 0.2) is 90.0 Å². The number of amides is 1. The Morgan fingerprint density at radius 2 is 1.43 bits per heavy atom. The van der Waals surface area contributed by atoms with Crippen LogP contribution in [0.25, 0.3) is 5.57 Å². The fourth-order valence-corrected chi connectivity index (χ4v) is 7.14. The average Bonchev–Trinajstić information content (AvgIpc) is 3.18. The molecule has 5 rings (SSSR count). The lowest BCUT2D eigenvalue weighted by atomic mass is 9.77. The van der Waals surface area contributed by atoms with E-state index in [-0.39, 0.29) is 55.1 Å². The molecular formula is C44H48N4O12. The van der Waals surface area contributed by atoms with E-state index in [1.54, 1.807) is 48.6 Å². The molecule has 16 nitrogen and oxygen atoms in total. The van der Waals surface area contributed by atoms with Crippen molar-refractivity contribution in [3.8, 4) is 5.75 Å². The molecule has 3 aromatic carbocycles. The van der Waals surface area contributed by atoms with Crippen LogP contribution in [-0.2, 0) is 53.0 Å². The van der Waals surface area contributed by atoms with E-state index in [1.165, 1.54) is 11.0 Å². The maximum absolute atomic E-state index is 12.7. The number of allylic oxidation sites excluding steroid dienone is 5. The maximum Gasteiger partial charge on any atom is 0.323 e. The van der Waals surface area contributed by atoms with Crippen LogP contribution in [0.3, 0.4) is 0 Å². The number of benzene rings is 3. The lowest BCUT2D eigenvalue weighted by molar-refractivity contribution is -0.138. The number of anilines is 2. The Hall–Kier alpha value is -6.78. The molecule has 0 radical (unpaired) electrons. The number of fused-ring (bicyclic) bond motifs is 2. The third-order valence-corrected chi connectivity index (χ3v) is 9.71. The van der Waals surface area contributed by atoms with E-state index in [1.807, 2.05) is 24.3 Å². The first kappa shape index (κ1) is 44.3. The number of aliphatic carboxylic acids is 4. The van der Waals surface area contributed by atoms with Crippen molar-refractivity contribution in [1.82, 2.24) is 5.32 Å². The molecule has 60 heavy (non-hydrogen) atoms. The highest BCUT2D eigenvalue weighted by Crippen LogP contribution is 2.42. The van der Waals surface area contributed by atoms with Crippen LogP contribution in [0.4, 0.5) is 11.4 Å². The number of nitrogens with zero attached hydrogens (tertiary/aromatic N) is 2. The summed E-state index contributed by atoms with van der Waals surface area (Å²) in [5.74, 6) is -5.24. The van der Waals surface area contributed by atoms with Crippen LogP contribution in [-0.4, -0.2) is 108 Å². The summed E-state index contributed by atoms with van der Waals surface area (Å²) in [6.45, 7) is -1.75. The first-order chi connectivity index (χ1) is 28.8. The van der Waals surface area contributed by atoms with Crippen LogP contribution in [0, 0.1) is 0 Å². The number of carbonyl (C=O) groups excluding carboxylic acids is 2. The molecule has 316 valence electrons. The van der Waals surface area contributed by atoms with E-state index in [9.17, 15) is 49.2 Å². The third kappa shape index (κ3) is 12.4. The van der Waals surface area contributed by atoms with Gasteiger partial charge in [-0.2, -0.15) is 0 Å². The number of ether oxygens (including phenoxy) is 2. The molecular weight excluding hydrogens is 777 g/mol. The topological polar surface area (TPSA) is 246 Å². The smallest absolute Gasteiger partial charge is 0.323 e. The zero-order valence-electron chi connectivity index (χ0n) is 32.9. The number of carboxylic acid groups (broad SMARTS) is 4. The molecule has 3 aromatic rings. The SMILES string of the molecule is NCCCCCNC(=O)Cc1ccc(COCCOc2cc(C3=C4C=CC(=O)C=C4Cc4ccccc43)ccc2N(CC(=O)O)CC(=O)O)c(N(CC(=O)O)CC(=O)O)c1. The highest BCUT2D eigenvalue weighted by atomic mass is 16.5. The number of rotatable bonds is 24. The average molecular weight is 825 g/mol. The molecule has 0 spiro atoms. The predicted octanol–water partition coefficient (Wildman–Crippen LogP) is 3.44. The van der Waals surface area contributed by atoms with E-state index in [2.05, 4.69) is 5.32 Å². The second-order valence-corrected chi connectivity index (χ2v) is 14.2. The number of nitrogens with two attached hydrogens (primary N) is 1. The van der Waals surface area contributed by atoms with Gasteiger partial charge in [0.2, 0.25) is 5.91 Å². The fourth-order valence-electron chi connectivity index (χ4n) is 7.14. The van der Waals surface area contributed by atoms with Gasteiger partial charge in [0.05, 0.1) is 25.3 Å². The number of nitrogens with one attached hydrogen (secondary N) is 1. The molecule has 7 N–H and O–H groups in total. The maximum atomic E-state index is 12.7. The quantitative estimate of drug-likeness (QED) is 0.0709. The van der Waals surface area contributed by atoms with Crippen molar-refractivity contribution in [2.45, 2.75) is 38.7 Å². The van der Waals surface area contributed by atoms with E-state index in [0.29, 0.717) is 36.2 Å². The van der Waals surface area contributed by atoms with Gasteiger partial charge in [-0.25, -0.2) is 0 Å². The minimum absolute atomic E-state index is 0.0228. The van der Waals surface area contributed by atoms with Gasteiger partial charge in [0.25, 0.3) is 0 Å². The first-order valence-electron chi connectivity index (χ1n) is 19.4. The molecule has 0 saturated heterocycles. The summed E-state index contributed by atoms with van der Waals surface area (Å²) in [4.78, 5) is 74.6. The summed E-state index contributed by atoms with van der Waals surface area (Å²) < 4.78 is 12.2. The van der Waals surface area contributed by atoms with E-state index in [4.69, 9.17) is 15.2 Å². The summed E-state index contributed by atoms with van der Waals surface area (Å²) >= 11 is 0. The summed E-state index contributed by atoms with van der Waals surface area (Å²) in [6, 6.07) is 17.7. The number of carbonyl (C=O) groups is 6. The molecule has 0 saturated carbocycles. The zero-order valence-corrected chi connectivity index (χ0v) is 32.9. The van der Waals surface area contributed by atoms with Gasteiger partial charge >= 0.3 is 23.9 Å².